The molecule has 0 aromatic heterocycles. The lowest BCUT2D eigenvalue weighted by molar-refractivity contribution is 0.0600. The molecule has 0 radical (unpaired) electrons. The van der Waals surface area contributed by atoms with E-state index < -0.39 is 5.97 Å². The number of nitrogens with two attached hydrogens (primary N) is 1. The van der Waals surface area contributed by atoms with Crippen LogP contribution < -0.4 is 10.5 Å². The summed E-state index contributed by atoms with van der Waals surface area (Å²) in [6, 6.07) is 4.76. The first kappa shape index (κ1) is 12.3. The Bertz CT molecular complexity index is 365. The van der Waals surface area contributed by atoms with Gasteiger partial charge < -0.3 is 19.9 Å². The molecule has 5 nitrogen and oxygen atoms in total. The lowest BCUT2D eigenvalue weighted by Crippen LogP contribution is -2.07. The Kier molecular flexibility index (Phi) is 4.60. The van der Waals surface area contributed by atoms with Crippen molar-refractivity contribution in [2.45, 2.75) is 0 Å². The molecule has 5 heteroatoms. The van der Waals surface area contributed by atoms with Crippen molar-refractivity contribution in [2.24, 2.45) is 0 Å². The second-order valence-corrected chi connectivity index (χ2v) is 3.09. The van der Waals surface area contributed by atoms with Crippen LogP contribution in [0.2, 0.25) is 0 Å². The normalized spacial score (nSPS) is 9.88. The number of esters is 1. The molecule has 0 aliphatic heterocycles. The Morgan fingerprint density at radius 3 is 2.62 bits per heavy atom. The fourth-order valence-corrected chi connectivity index (χ4v) is 1.16. The number of hydrogen-bond donors (Lipinski definition) is 1. The summed E-state index contributed by atoms with van der Waals surface area (Å²) in [5.41, 5.74) is 6.53. The molecule has 0 saturated heterocycles. The van der Waals surface area contributed by atoms with Crippen molar-refractivity contribution in [3.8, 4) is 5.75 Å². The van der Waals surface area contributed by atoms with Crippen molar-refractivity contribution < 1.29 is 19.0 Å². The quantitative estimate of drug-likeness (QED) is 0.461. The van der Waals surface area contributed by atoms with E-state index in [1.165, 1.54) is 13.2 Å². The number of carbonyl (C=O) groups is 1. The molecule has 16 heavy (non-hydrogen) atoms. The maximum absolute atomic E-state index is 11.2. The summed E-state index contributed by atoms with van der Waals surface area (Å²) in [5, 5.41) is 0. The van der Waals surface area contributed by atoms with Gasteiger partial charge in [-0.05, 0) is 18.2 Å². The first-order valence-electron chi connectivity index (χ1n) is 4.78. The highest BCUT2D eigenvalue weighted by atomic mass is 16.5. The summed E-state index contributed by atoms with van der Waals surface area (Å²) in [6.45, 7) is 0.899. The van der Waals surface area contributed by atoms with Crippen molar-refractivity contribution in [2.75, 3.05) is 33.2 Å². The van der Waals surface area contributed by atoms with Gasteiger partial charge in [0.15, 0.2) is 0 Å². The molecule has 0 heterocycles. The average Bonchev–Trinajstić information content (AvgIpc) is 2.30. The Labute approximate surface area is 94.1 Å². The van der Waals surface area contributed by atoms with Gasteiger partial charge in [-0.1, -0.05) is 0 Å². The molecular formula is C11H15NO4. The molecule has 0 spiro atoms. The number of methoxy groups -OCH3 is 2. The second-order valence-electron chi connectivity index (χ2n) is 3.09. The zero-order valence-corrected chi connectivity index (χ0v) is 9.36. The minimum Gasteiger partial charge on any atom is -0.489 e. The lowest BCUT2D eigenvalue weighted by Gasteiger charge is -2.09. The maximum atomic E-state index is 11.2. The molecule has 0 saturated carbocycles. The molecule has 88 valence electrons. The smallest absolute Gasteiger partial charge is 0.337 e. The summed E-state index contributed by atoms with van der Waals surface area (Å²) >= 11 is 0. The molecule has 1 aromatic carbocycles. The number of anilines is 1. The van der Waals surface area contributed by atoms with Crippen LogP contribution in [0.15, 0.2) is 18.2 Å². The van der Waals surface area contributed by atoms with Gasteiger partial charge in [0.05, 0.1) is 25.0 Å². The van der Waals surface area contributed by atoms with Crippen molar-refractivity contribution in [3.63, 3.8) is 0 Å². The van der Waals surface area contributed by atoms with Crippen LogP contribution in [0, 0.1) is 0 Å². The molecule has 1 rings (SSSR count). The van der Waals surface area contributed by atoms with Crippen LogP contribution in [0.4, 0.5) is 5.69 Å². The lowest BCUT2D eigenvalue weighted by atomic mass is 10.2. The zero-order valence-electron chi connectivity index (χ0n) is 9.36. The number of carbonyl (C=O) groups excluding carboxylic acids is 1. The Morgan fingerprint density at radius 1 is 1.31 bits per heavy atom. The first-order chi connectivity index (χ1) is 7.69. The van der Waals surface area contributed by atoms with Crippen LogP contribution in [0.1, 0.15) is 10.4 Å². The topological polar surface area (TPSA) is 70.8 Å². The van der Waals surface area contributed by atoms with E-state index in [1.807, 2.05) is 0 Å². The van der Waals surface area contributed by atoms with E-state index in [1.54, 1.807) is 19.2 Å². The van der Waals surface area contributed by atoms with Crippen molar-refractivity contribution in [1.29, 1.82) is 0 Å². The Morgan fingerprint density at radius 2 is 2.06 bits per heavy atom. The van der Waals surface area contributed by atoms with E-state index in [4.69, 9.17) is 15.2 Å². The summed E-state index contributed by atoms with van der Waals surface area (Å²) in [6.07, 6.45) is 0. The number of rotatable bonds is 5. The summed E-state index contributed by atoms with van der Waals surface area (Å²) in [5.74, 6) is 0.111. The third-order valence-corrected chi connectivity index (χ3v) is 1.98. The monoisotopic (exact) mass is 225 g/mol. The molecule has 0 aliphatic rings. The zero-order chi connectivity index (χ0) is 12.0. The van der Waals surface area contributed by atoms with E-state index in [9.17, 15) is 4.79 Å². The van der Waals surface area contributed by atoms with E-state index in [2.05, 4.69) is 4.74 Å². The third kappa shape index (κ3) is 3.13. The minimum absolute atomic E-state index is 0.402. The molecule has 1 aromatic rings. The van der Waals surface area contributed by atoms with Gasteiger partial charge in [-0.15, -0.1) is 0 Å². The van der Waals surface area contributed by atoms with E-state index >= 15 is 0 Å². The van der Waals surface area contributed by atoms with Gasteiger partial charge in [0.1, 0.15) is 12.4 Å². The first-order valence-corrected chi connectivity index (χ1v) is 4.78. The minimum atomic E-state index is -0.421. The van der Waals surface area contributed by atoms with Crippen molar-refractivity contribution in [3.05, 3.63) is 23.8 Å². The highest BCUT2D eigenvalue weighted by molar-refractivity contribution is 5.90. The number of hydrogen-bond acceptors (Lipinski definition) is 5. The van der Waals surface area contributed by atoms with Crippen LogP contribution in [0.25, 0.3) is 0 Å². The van der Waals surface area contributed by atoms with Crippen LogP contribution >= 0.6 is 0 Å². The summed E-state index contributed by atoms with van der Waals surface area (Å²) in [4.78, 5) is 11.2. The van der Waals surface area contributed by atoms with Crippen LogP contribution in [0.5, 0.6) is 5.75 Å². The standard InChI is InChI=1S/C11H15NO4/c1-14-5-6-16-10-4-3-8(7-9(10)12)11(13)15-2/h3-4,7H,5-6,12H2,1-2H3. The van der Waals surface area contributed by atoms with Gasteiger partial charge in [-0.3, -0.25) is 0 Å². The van der Waals surface area contributed by atoms with Crippen molar-refractivity contribution in [1.82, 2.24) is 0 Å². The predicted octanol–water partition coefficient (Wildman–Crippen LogP) is 1.08. The molecule has 0 fully saturated rings. The van der Waals surface area contributed by atoms with Crippen LogP contribution in [0.3, 0.4) is 0 Å². The van der Waals surface area contributed by atoms with Gasteiger partial charge in [-0.25, -0.2) is 4.79 Å². The molecule has 2 N–H and O–H groups in total. The Balaban J connectivity index is 2.71. The fraction of sp³-hybridized carbons (Fsp3) is 0.364. The highest BCUT2D eigenvalue weighted by Gasteiger charge is 2.08. The van der Waals surface area contributed by atoms with Crippen LogP contribution in [-0.4, -0.2) is 33.4 Å². The molecule has 0 unspecified atom stereocenters. The van der Waals surface area contributed by atoms with Crippen molar-refractivity contribution >= 4 is 11.7 Å². The second kappa shape index (κ2) is 5.97. The highest BCUT2D eigenvalue weighted by Crippen LogP contribution is 2.22. The maximum Gasteiger partial charge on any atom is 0.337 e. The summed E-state index contributed by atoms with van der Waals surface area (Å²) < 4.78 is 14.8. The van der Waals surface area contributed by atoms with Gasteiger partial charge in [0.25, 0.3) is 0 Å². The van der Waals surface area contributed by atoms with Crippen LogP contribution in [-0.2, 0) is 9.47 Å². The van der Waals surface area contributed by atoms with Gasteiger partial charge >= 0.3 is 5.97 Å². The van der Waals surface area contributed by atoms with Gasteiger partial charge in [0.2, 0.25) is 0 Å². The van der Waals surface area contributed by atoms with Gasteiger partial charge in [0, 0.05) is 7.11 Å². The van der Waals surface area contributed by atoms with Gasteiger partial charge in [-0.2, -0.15) is 0 Å². The number of ether oxygens (including phenoxy) is 3. The predicted molar refractivity (Wildman–Crippen MR) is 59.6 cm³/mol. The molecular weight excluding hydrogens is 210 g/mol. The van der Waals surface area contributed by atoms with E-state index in [0.717, 1.165) is 0 Å². The summed E-state index contributed by atoms with van der Waals surface area (Å²) in [7, 11) is 2.91. The SMILES string of the molecule is COCCOc1ccc(C(=O)OC)cc1N. The number of benzene rings is 1. The number of nitrogen functional groups attached to an aromatic ring is 1. The molecule has 0 aliphatic carbocycles. The average molecular weight is 225 g/mol. The Hall–Kier alpha value is -1.75. The van der Waals surface area contributed by atoms with E-state index in [-0.39, 0.29) is 0 Å². The third-order valence-electron chi connectivity index (χ3n) is 1.98. The fourth-order valence-electron chi connectivity index (χ4n) is 1.16. The molecule has 0 bridgehead atoms. The molecule has 0 amide bonds. The molecule has 0 atom stereocenters. The van der Waals surface area contributed by atoms with E-state index in [0.29, 0.717) is 30.2 Å². The largest absolute Gasteiger partial charge is 0.489 e.